The van der Waals surface area contributed by atoms with Crippen LogP contribution in [-0.2, 0) is 0 Å². The number of amidine groups is 1. The molecule has 1 rings (SSSR count). The summed E-state index contributed by atoms with van der Waals surface area (Å²) < 4.78 is 0. The summed E-state index contributed by atoms with van der Waals surface area (Å²) >= 11 is 5.87. The van der Waals surface area contributed by atoms with E-state index in [1.54, 1.807) is 0 Å². The summed E-state index contributed by atoms with van der Waals surface area (Å²) in [7, 11) is 0. The molecule has 0 saturated carbocycles. The fourth-order valence-corrected chi connectivity index (χ4v) is 2.11. The summed E-state index contributed by atoms with van der Waals surface area (Å²) in [6, 6.07) is 8.13. The number of nitrogens with two attached hydrogens (primary N) is 1. The van der Waals surface area contributed by atoms with Gasteiger partial charge in [0.25, 0.3) is 0 Å². The van der Waals surface area contributed by atoms with E-state index in [1.165, 1.54) is 5.56 Å². The molecule has 1 aromatic rings. The van der Waals surface area contributed by atoms with Crippen LogP contribution in [0.2, 0.25) is 5.02 Å². The number of nitrogens with zero attached hydrogens (tertiary/aromatic N) is 1. The Bertz CT molecular complexity index is 443. The van der Waals surface area contributed by atoms with Gasteiger partial charge in [0.15, 0.2) is 0 Å². The van der Waals surface area contributed by atoms with Gasteiger partial charge >= 0.3 is 0 Å². The molecule has 0 heterocycles. The quantitative estimate of drug-likeness (QED) is 0.237. The van der Waals surface area contributed by atoms with Crippen molar-refractivity contribution < 1.29 is 5.21 Å². The molecular weight excluding hydrogens is 274 g/mol. The topological polar surface area (TPSA) is 70.6 Å². The van der Waals surface area contributed by atoms with Gasteiger partial charge < -0.3 is 16.3 Å². The minimum atomic E-state index is -0.278. The number of halogens is 1. The summed E-state index contributed by atoms with van der Waals surface area (Å²) in [5, 5.41) is 16.0. The lowest BCUT2D eigenvalue weighted by atomic mass is 9.86. The molecule has 0 radical (unpaired) electrons. The van der Waals surface area contributed by atoms with Crippen LogP contribution in [0, 0.1) is 5.41 Å². The predicted octanol–water partition coefficient (Wildman–Crippen LogP) is 3.54. The van der Waals surface area contributed by atoms with Gasteiger partial charge in [-0.3, -0.25) is 0 Å². The molecule has 0 spiro atoms. The molecule has 0 aliphatic carbocycles. The third kappa shape index (κ3) is 5.02. The van der Waals surface area contributed by atoms with E-state index in [4.69, 9.17) is 22.5 Å². The van der Waals surface area contributed by atoms with Crippen molar-refractivity contribution in [1.82, 2.24) is 5.32 Å². The highest BCUT2D eigenvalue weighted by molar-refractivity contribution is 6.30. The van der Waals surface area contributed by atoms with Crippen molar-refractivity contribution in [2.45, 2.75) is 39.7 Å². The standard InChI is InChI=1S/C15H24ClN3O/c1-11(12-5-7-13(16)8-6-12)18-10-4-9-15(2,3)14(17)19-20/h5-8,11,18,20H,4,9-10H2,1-3H3,(H2,17,19)/t11-/m1/s1. The zero-order valence-corrected chi connectivity index (χ0v) is 13.1. The lowest BCUT2D eigenvalue weighted by molar-refractivity contribution is 0.304. The molecule has 4 nitrogen and oxygen atoms in total. The van der Waals surface area contributed by atoms with Crippen LogP contribution in [0.15, 0.2) is 29.4 Å². The second-order valence-electron chi connectivity index (χ2n) is 5.70. The Kier molecular flexibility index (Phi) is 6.30. The number of hydrogen-bond acceptors (Lipinski definition) is 3. The van der Waals surface area contributed by atoms with E-state index >= 15 is 0 Å². The first kappa shape index (κ1) is 16.8. The van der Waals surface area contributed by atoms with Gasteiger partial charge in [0.05, 0.1) is 0 Å². The molecule has 0 aliphatic rings. The first-order chi connectivity index (χ1) is 9.36. The Morgan fingerprint density at radius 2 is 2.00 bits per heavy atom. The van der Waals surface area contributed by atoms with E-state index in [2.05, 4.69) is 17.4 Å². The lowest BCUT2D eigenvalue weighted by Crippen LogP contribution is -2.32. The number of hydrogen-bond donors (Lipinski definition) is 3. The van der Waals surface area contributed by atoms with E-state index in [0.29, 0.717) is 0 Å². The number of oxime groups is 1. The van der Waals surface area contributed by atoms with Gasteiger partial charge in [-0.25, -0.2) is 0 Å². The average molecular weight is 298 g/mol. The molecule has 5 heteroatoms. The molecule has 0 amide bonds. The Labute approximate surface area is 126 Å². The summed E-state index contributed by atoms with van der Waals surface area (Å²) in [5.41, 5.74) is 6.60. The fraction of sp³-hybridized carbons (Fsp3) is 0.533. The van der Waals surface area contributed by atoms with Crippen LogP contribution in [0.5, 0.6) is 0 Å². The van der Waals surface area contributed by atoms with E-state index in [1.807, 2.05) is 38.1 Å². The third-order valence-corrected chi connectivity index (χ3v) is 3.85. The Morgan fingerprint density at radius 3 is 2.55 bits per heavy atom. The molecule has 1 atom stereocenters. The van der Waals surface area contributed by atoms with Crippen molar-refractivity contribution in [3.05, 3.63) is 34.9 Å². The summed E-state index contributed by atoms with van der Waals surface area (Å²) in [5.74, 6) is 0.281. The third-order valence-electron chi connectivity index (χ3n) is 3.60. The Hall–Kier alpha value is -1.26. The maximum absolute atomic E-state index is 8.72. The normalized spacial score (nSPS) is 14.3. The van der Waals surface area contributed by atoms with Gasteiger partial charge in [-0.2, -0.15) is 0 Å². The van der Waals surface area contributed by atoms with E-state index in [-0.39, 0.29) is 17.3 Å². The van der Waals surface area contributed by atoms with Crippen LogP contribution in [0.1, 0.15) is 45.2 Å². The molecule has 0 aromatic heterocycles. The SMILES string of the molecule is C[C@@H](NCCCC(C)(C)/C(N)=N/O)c1ccc(Cl)cc1. The maximum atomic E-state index is 8.72. The van der Waals surface area contributed by atoms with Crippen molar-refractivity contribution in [2.75, 3.05) is 6.54 Å². The number of nitrogens with one attached hydrogen (secondary N) is 1. The minimum absolute atomic E-state index is 0.277. The summed E-state index contributed by atoms with van der Waals surface area (Å²) in [6.45, 7) is 6.96. The number of benzene rings is 1. The second kappa shape index (κ2) is 7.50. The number of rotatable bonds is 7. The molecule has 1 aromatic carbocycles. The van der Waals surface area contributed by atoms with Gasteiger partial charge in [-0.15, -0.1) is 0 Å². The van der Waals surface area contributed by atoms with Crippen LogP contribution >= 0.6 is 11.6 Å². The molecule has 0 unspecified atom stereocenters. The van der Waals surface area contributed by atoms with Crippen molar-refractivity contribution in [1.29, 1.82) is 0 Å². The molecular formula is C15H24ClN3O. The first-order valence-corrected chi connectivity index (χ1v) is 7.21. The summed E-state index contributed by atoms with van der Waals surface area (Å²) in [6.07, 6.45) is 1.82. The van der Waals surface area contributed by atoms with Gasteiger partial charge in [0, 0.05) is 16.5 Å². The molecule has 112 valence electrons. The molecule has 0 fully saturated rings. The molecule has 0 saturated heterocycles. The van der Waals surface area contributed by atoms with Gasteiger partial charge in [-0.1, -0.05) is 42.7 Å². The highest BCUT2D eigenvalue weighted by Crippen LogP contribution is 2.22. The van der Waals surface area contributed by atoms with Crippen molar-refractivity contribution >= 4 is 17.4 Å². The van der Waals surface area contributed by atoms with Crippen molar-refractivity contribution in [3.63, 3.8) is 0 Å². The molecule has 0 aliphatic heterocycles. The van der Waals surface area contributed by atoms with Crippen molar-refractivity contribution in [2.24, 2.45) is 16.3 Å². The predicted molar refractivity (Wildman–Crippen MR) is 84.3 cm³/mol. The highest BCUT2D eigenvalue weighted by atomic mass is 35.5. The van der Waals surface area contributed by atoms with E-state index < -0.39 is 0 Å². The van der Waals surface area contributed by atoms with E-state index in [9.17, 15) is 0 Å². The van der Waals surface area contributed by atoms with Crippen LogP contribution in [-0.4, -0.2) is 17.6 Å². The highest BCUT2D eigenvalue weighted by Gasteiger charge is 2.22. The largest absolute Gasteiger partial charge is 0.409 e. The van der Waals surface area contributed by atoms with Crippen LogP contribution in [0.25, 0.3) is 0 Å². The van der Waals surface area contributed by atoms with Crippen LogP contribution < -0.4 is 11.1 Å². The zero-order valence-electron chi connectivity index (χ0n) is 12.4. The van der Waals surface area contributed by atoms with E-state index in [0.717, 1.165) is 24.4 Å². The maximum Gasteiger partial charge on any atom is 0.144 e. The van der Waals surface area contributed by atoms with Crippen LogP contribution in [0.4, 0.5) is 0 Å². The average Bonchev–Trinajstić information content (AvgIpc) is 2.43. The zero-order chi connectivity index (χ0) is 15.2. The molecule has 4 N–H and O–H groups in total. The molecule has 0 bridgehead atoms. The molecule has 20 heavy (non-hydrogen) atoms. The fourth-order valence-electron chi connectivity index (χ4n) is 1.98. The second-order valence-corrected chi connectivity index (χ2v) is 6.14. The van der Waals surface area contributed by atoms with Gasteiger partial charge in [-0.05, 0) is 44.0 Å². The van der Waals surface area contributed by atoms with Crippen molar-refractivity contribution in [3.8, 4) is 0 Å². The first-order valence-electron chi connectivity index (χ1n) is 6.83. The summed E-state index contributed by atoms with van der Waals surface area (Å²) in [4.78, 5) is 0. The Balaban J connectivity index is 2.36. The lowest BCUT2D eigenvalue weighted by Gasteiger charge is -2.23. The monoisotopic (exact) mass is 297 g/mol. The van der Waals surface area contributed by atoms with Gasteiger partial charge in [0.2, 0.25) is 0 Å². The van der Waals surface area contributed by atoms with Crippen LogP contribution in [0.3, 0.4) is 0 Å². The van der Waals surface area contributed by atoms with Gasteiger partial charge in [0.1, 0.15) is 5.84 Å². The minimum Gasteiger partial charge on any atom is -0.409 e. The smallest absolute Gasteiger partial charge is 0.144 e. The Morgan fingerprint density at radius 1 is 1.40 bits per heavy atom.